The molecular formula is C29H25NO8. The molecule has 0 radical (unpaired) electrons. The molecule has 1 N–H and O–H groups in total. The topological polar surface area (TPSA) is 113 Å². The fraction of sp³-hybridized carbons (Fsp3) is 0.207. The lowest BCUT2D eigenvalue weighted by Gasteiger charge is -2.19. The van der Waals surface area contributed by atoms with E-state index in [0.717, 1.165) is 5.56 Å². The Morgan fingerprint density at radius 3 is 2.53 bits per heavy atom. The van der Waals surface area contributed by atoms with Gasteiger partial charge in [0.25, 0.3) is 0 Å². The van der Waals surface area contributed by atoms with Crippen molar-refractivity contribution in [3.05, 3.63) is 88.3 Å². The van der Waals surface area contributed by atoms with Crippen molar-refractivity contribution >= 4 is 23.0 Å². The van der Waals surface area contributed by atoms with Crippen LogP contribution in [0.25, 0.3) is 22.1 Å². The Hall–Kier alpha value is -4.79. The molecule has 0 aliphatic carbocycles. The molecule has 1 aliphatic rings. The first-order valence-corrected chi connectivity index (χ1v) is 12.1. The largest absolute Gasteiger partial charge is 0.486 e. The molecule has 0 saturated heterocycles. The van der Waals surface area contributed by atoms with Gasteiger partial charge in [0.1, 0.15) is 43.0 Å². The second-order valence-electron chi connectivity index (χ2n) is 8.73. The highest BCUT2D eigenvalue weighted by Crippen LogP contribution is 2.35. The predicted molar refractivity (Wildman–Crippen MR) is 139 cm³/mol. The Balaban J connectivity index is 1.28. The first-order valence-electron chi connectivity index (χ1n) is 12.1. The van der Waals surface area contributed by atoms with Crippen molar-refractivity contribution in [2.24, 2.45) is 0 Å². The van der Waals surface area contributed by atoms with Crippen molar-refractivity contribution in [2.75, 3.05) is 13.2 Å². The maximum absolute atomic E-state index is 13.3. The van der Waals surface area contributed by atoms with Crippen LogP contribution in [0.4, 0.5) is 4.79 Å². The van der Waals surface area contributed by atoms with Gasteiger partial charge in [0.2, 0.25) is 5.43 Å². The normalized spacial score (nSPS) is 13.0. The molecule has 0 bridgehead atoms. The summed E-state index contributed by atoms with van der Waals surface area (Å²) in [7, 11) is 0. The van der Waals surface area contributed by atoms with Gasteiger partial charge in [-0.2, -0.15) is 0 Å². The minimum atomic E-state index is -0.972. The highest BCUT2D eigenvalue weighted by molar-refractivity contribution is 5.86. The smallest absolute Gasteiger partial charge is 0.408 e. The summed E-state index contributed by atoms with van der Waals surface area (Å²) in [5.74, 6) is 1.07. The zero-order valence-electron chi connectivity index (χ0n) is 20.8. The molecule has 0 spiro atoms. The number of aryl methyl sites for hydroxylation is 1. The number of carbonyl (C=O) groups is 2. The first kappa shape index (κ1) is 24.9. The molecule has 2 heterocycles. The van der Waals surface area contributed by atoms with E-state index >= 15 is 0 Å². The lowest BCUT2D eigenvalue weighted by atomic mass is 10.0. The summed E-state index contributed by atoms with van der Waals surface area (Å²) >= 11 is 0. The molecule has 1 atom stereocenters. The van der Waals surface area contributed by atoms with Gasteiger partial charge < -0.3 is 28.7 Å². The molecule has 194 valence electrons. The van der Waals surface area contributed by atoms with Crippen molar-refractivity contribution in [1.82, 2.24) is 5.32 Å². The molecule has 9 heteroatoms. The molecule has 5 rings (SSSR count). The van der Waals surface area contributed by atoms with Gasteiger partial charge in [-0.15, -0.1) is 0 Å². The summed E-state index contributed by atoms with van der Waals surface area (Å²) in [5, 5.41) is 2.77. The zero-order valence-corrected chi connectivity index (χ0v) is 20.8. The number of benzene rings is 3. The molecule has 0 unspecified atom stereocenters. The number of carbonyl (C=O) groups excluding carboxylic acids is 2. The number of ether oxygens (including phenoxy) is 4. The second-order valence-corrected chi connectivity index (χ2v) is 8.73. The summed E-state index contributed by atoms with van der Waals surface area (Å²) in [6, 6.07) is 18.0. The van der Waals surface area contributed by atoms with E-state index in [-0.39, 0.29) is 23.4 Å². The fourth-order valence-electron chi connectivity index (χ4n) is 4.09. The highest BCUT2D eigenvalue weighted by Gasteiger charge is 2.21. The van der Waals surface area contributed by atoms with Gasteiger partial charge in [-0.05, 0) is 49.2 Å². The molecule has 4 aromatic rings. The van der Waals surface area contributed by atoms with Gasteiger partial charge in [0, 0.05) is 6.07 Å². The van der Waals surface area contributed by atoms with E-state index in [1.54, 1.807) is 25.1 Å². The van der Waals surface area contributed by atoms with Crippen molar-refractivity contribution in [3.63, 3.8) is 0 Å². The molecule has 1 aliphatic heterocycles. The average Bonchev–Trinajstić information content (AvgIpc) is 2.92. The van der Waals surface area contributed by atoms with Crippen LogP contribution in [0.15, 0.2) is 75.9 Å². The van der Waals surface area contributed by atoms with Crippen LogP contribution in [-0.2, 0) is 16.1 Å². The van der Waals surface area contributed by atoms with Crippen molar-refractivity contribution in [2.45, 2.75) is 26.5 Å². The van der Waals surface area contributed by atoms with E-state index in [9.17, 15) is 14.4 Å². The number of esters is 1. The van der Waals surface area contributed by atoms with Crippen LogP contribution in [0.1, 0.15) is 18.2 Å². The third-order valence-corrected chi connectivity index (χ3v) is 5.99. The van der Waals surface area contributed by atoms with Crippen LogP contribution in [-0.4, -0.2) is 31.3 Å². The lowest BCUT2D eigenvalue weighted by molar-refractivity contribution is -0.136. The number of fused-ring (bicyclic) bond motifs is 2. The Morgan fingerprint density at radius 2 is 1.74 bits per heavy atom. The minimum Gasteiger partial charge on any atom is -0.486 e. The molecule has 1 amide bonds. The third kappa shape index (κ3) is 5.31. The van der Waals surface area contributed by atoms with Gasteiger partial charge >= 0.3 is 12.1 Å². The molecule has 3 aromatic carbocycles. The van der Waals surface area contributed by atoms with E-state index < -0.39 is 18.1 Å². The number of nitrogens with one attached hydrogen (secondary N) is 1. The van der Waals surface area contributed by atoms with Crippen LogP contribution in [0.2, 0.25) is 0 Å². The van der Waals surface area contributed by atoms with Crippen LogP contribution in [0, 0.1) is 6.92 Å². The average molecular weight is 516 g/mol. The molecule has 0 saturated carbocycles. The van der Waals surface area contributed by atoms with Crippen LogP contribution in [0.5, 0.6) is 17.2 Å². The molecule has 9 nitrogen and oxygen atoms in total. The number of rotatable bonds is 6. The summed E-state index contributed by atoms with van der Waals surface area (Å²) in [6.07, 6.45) is -0.745. The Bertz CT molecular complexity index is 1560. The molecule has 0 fully saturated rings. The number of alkyl carbamates (subject to hydrolysis) is 1. The van der Waals surface area contributed by atoms with E-state index in [1.165, 1.54) is 25.1 Å². The van der Waals surface area contributed by atoms with Crippen molar-refractivity contribution in [1.29, 1.82) is 0 Å². The van der Waals surface area contributed by atoms with Crippen molar-refractivity contribution in [3.8, 4) is 28.4 Å². The fourth-order valence-corrected chi connectivity index (χ4v) is 4.09. The monoisotopic (exact) mass is 515 g/mol. The van der Waals surface area contributed by atoms with Crippen LogP contribution < -0.4 is 25.0 Å². The molecule has 1 aromatic heterocycles. The summed E-state index contributed by atoms with van der Waals surface area (Å²) in [5.41, 5.74) is 1.92. The number of hydrogen-bond donors (Lipinski definition) is 1. The van der Waals surface area contributed by atoms with Crippen molar-refractivity contribution < 1.29 is 33.0 Å². The second kappa shape index (κ2) is 10.7. The quantitative estimate of drug-likeness (QED) is 0.289. The summed E-state index contributed by atoms with van der Waals surface area (Å²) in [4.78, 5) is 37.9. The molecular weight excluding hydrogens is 490 g/mol. The zero-order chi connectivity index (χ0) is 26.6. The Morgan fingerprint density at radius 1 is 0.974 bits per heavy atom. The first-order chi connectivity index (χ1) is 18.4. The van der Waals surface area contributed by atoms with E-state index in [4.69, 9.17) is 23.4 Å². The Labute approximate surface area is 217 Å². The molecule has 38 heavy (non-hydrogen) atoms. The lowest BCUT2D eigenvalue weighted by Crippen LogP contribution is -2.41. The SMILES string of the molecule is Cc1oc2cc(OC(=O)[C@H](C)NC(=O)OCc3ccccc3)ccc2c(=O)c1-c1ccc2c(c1)OCCO2. The standard InChI is InChI=1S/C29H25NO8/c1-17(30-29(33)36-16-19-6-4-3-5-7-19)28(32)38-21-9-10-22-24(15-21)37-18(2)26(27(22)31)20-8-11-23-25(14-20)35-13-12-34-23/h3-11,14-15,17H,12-13,16H2,1-2H3,(H,30,33)/t17-/m0/s1. The Kier molecular flexibility index (Phi) is 6.99. The number of hydrogen-bond acceptors (Lipinski definition) is 8. The van der Waals surface area contributed by atoms with Gasteiger partial charge in [-0.25, -0.2) is 9.59 Å². The van der Waals surface area contributed by atoms with Gasteiger partial charge in [0.05, 0.1) is 10.9 Å². The minimum absolute atomic E-state index is 0.0751. The van der Waals surface area contributed by atoms with Crippen LogP contribution >= 0.6 is 0 Å². The van der Waals surface area contributed by atoms with Gasteiger partial charge in [-0.3, -0.25) is 4.79 Å². The number of amides is 1. The van der Waals surface area contributed by atoms with E-state index in [2.05, 4.69) is 5.32 Å². The predicted octanol–water partition coefficient (Wildman–Crippen LogP) is 4.76. The van der Waals surface area contributed by atoms with E-state index in [1.807, 2.05) is 30.3 Å². The third-order valence-electron chi connectivity index (χ3n) is 5.99. The maximum atomic E-state index is 13.3. The maximum Gasteiger partial charge on any atom is 0.408 e. The van der Waals surface area contributed by atoms with Crippen LogP contribution in [0.3, 0.4) is 0 Å². The van der Waals surface area contributed by atoms with Gasteiger partial charge in [0.15, 0.2) is 11.5 Å². The summed E-state index contributed by atoms with van der Waals surface area (Å²) in [6.45, 7) is 4.16. The highest BCUT2D eigenvalue weighted by atomic mass is 16.6. The summed E-state index contributed by atoms with van der Waals surface area (Å²) < 4.78 is 27.7. The van der Waals surface area contributed by atoms with E-state index in [0.29, 0.717) is 47.0 Å². The van der Waals surface area contributed by atoms with Gasteiger partial charge in [-0.1, -0.05) is 36.4 Å².